The summed E-state index contributed by atoms with van der Waals surface area (Å²) in [5, 5.41) is 10.0. The molecule has 0 aliphatic rings. The van der Waals surface area contributed by atoms with Crippen LogP contribution in [0.1, 0.15) is 32.6 Å². The van der Waals surface area contributed by atoms with E-state index in [0.717, 1.165) is 26.2 Å². The Kier molecular flexibility index (Phi) is 12.8. The van der Waals surface area contributed by atoms with Crippen molar-refractivity contribution in [2.75, 3.05) is 39.8 Å². The van der Waals surface area contributed by atoms with Crippen LogP contribution in [0.3, 0.4) is 0 Å². The molecule has 0 aliphatic heterocycles. The topological polar surface area (TPSA) is 36.1 Å². The zero-order chi connectivity index (χ0) is 10.5. The normalized spacial score (nSPS) is 10.7. The molecule has 0 heterocycles. The van der Waals surface area contributed by atoms with Gasteiger partial charge in [-0.2, -0.15) is 0 Å². The smallest absolute Gasteiger partial charge is 0.00368 e. The molecule has 0 unspecified atom stereocenters. The Hall–Kier alpha value is -0.120. The standard InChI is InChI=1S/C11H27N3/c1-3-4-8-13-10-6-11-14-9-5-7-12-2/h12-14H,3-11H2,1-2H3. The van der Waals surface area contributed by atoms with Gasteiger partial charge in [0.1, 0.15) is 0 Å². The Balaban J connectivity index is 2.78. The molecule has 3 N–H and O–H groups in total. The summed E-state index contributed by atoms with van der Waals surface area (Å²) in [6, 6.07) is 0. The molecule has 0 fully saturated rings. The number of nitrogens with one attached hydrogen (secondary N) is 3. The van der Waals surface area contributed by atoms with E-state index in [1.165, 1.54) is 32.2 Å². The van der Waals surface area contributed by atoms with Crippen LogP contribution in [0.15, 0.2) is 0 Å². The predicted octanol–water partition coefficient (Wildman–Crippen LogP) is 0.965. The number of unbranched alkanes of at least 4 members (excludes halogenated alkanes) is 1. The first kappa shape index (κ1) is 13.9. The lowest BCUT2D eigenvalue weighted by Crippen LogP contribution is -2.24. The van der Waals surface area contributed by atoms with Gasteiger partial charge < -0.3 is 16.0 Å². The molecule has 0 aromatic rings. The fourth-order valence-corrected chi connectivity index (χ4v) is 1.28. The van der Waals surface area contributed by atoms with Crippen LogP contribution in [-0.4, -0.2) is 39.8 Å². The number of rotatable bonds is 11. The van der Waals surface area contributed by atoms with Crippen molar-refractivity contribution in [3.63, 3.8) is 0 Å². The van der Waals surface area contributed by atoms with Crippen LogP contribution in [0, 0.1) is 0 Å². The summed E-state index contributed by atoms with van der Waals surface area (Å²) in [6.45, 7) is 7.95. The third kappa shape index (κ3) is 11.9. The van der Waals surface area contributed by atoms with E-state index in [1.807, 2.05) is 7.05 Å². The van der Waals surface area contributed by atoms with Gasteiger partial charge in [0, 0.05) is 0 Å². The van der Waals surface area contributed by atoms with Crippen LogP contribution >= 0.6 is 0 Å². The van der Waals surface area contributed by atoms with Gasteiger partial charge >= 0.3 is 0 Å². The lowest BCUT2D eigenvalue weighted by molar-refractivity contribution is 0.568. The van der Waals surface area contributed by atoms with Crippen molar-refractivity contribution in [2.24, 2.45) is 0 Å². The second-order valence-electron chi connectivity index (χ2n) is 3.66. The molecule has 86 valence electrons. The van der Waals surface area contributed by atoms with Crippen LogP contribution in [0.4, 0.5) is 0 Å². The highest BCUT2D eigenvalue weighted by Gasteiger charge is 1.88. The molecule has 0 rings (SSSR count). The molecular weight excluding hydrogens is 174 g/mol. The first-order valence-corrected chi connectivity index (χ1v) is 5.97. The van der Waals surface area contributed by atoms with E-state index >= 15 is 0 Å². The highest BCUT2D eigenvalue weighted by atomic mass is 14.9. The van der Waals surface area contributed by atoms with Gasteiger partial charge in [-0.1, -0.05) is 13.3 Å². The van der Waals surface area contributed by atoms with Gasteiger partial charge in [-0.3, -0.25) is 0 Å². The molecule has 14 heavy (non-hydrogen) atoms. The van der Waals surface area contributed by atoms with Crippen molar-refractivity contribution in [2.45, 2.75) is 32.6 Å². The quantitative estimate of drug-likeness (QED) is 0.436. The molecule has 0 amide bonds. The molecular formula is C11H27N3. The third-order valence-corrected chi connectivity index (χ3v) is 2.19. The van der Waals surface area contributed by atoms with E-state index in [4.69, 9.17) is 0 Å². The van der Waals surface area contributed by atoms with Crippen molar-refractivity contribution in [3.8, 4) is 0 Å². The molecule has 0 aromatic carbocycles. The minimum atomic E-state index is 1.11. The molecule has 0 bridgehead atoms. The van der Waals surface area contributed by atoms with E-state index in [-0.39, 0.29) is 0 Å². The lowest BCUT2D eigenvalue weighted by Gasteiger charge is -2.05. The van der Waals surface area contributed by atoms with Gasteiger partial charge in [0.05, 0.1) is 0 Å². The molecule has 0 atom stereocenters. The van der Waals surface area contributed by atoms with Crippen molar-refractivity contribution >= 4 is 0 Å². The summed E-state index contributed by atoms with van der Waals surface area (Å²) in [7, 11) is 2.00. The van der Waals surface area contributed by atoms with Gasteiger partial charge in [0.15, 0.2) is 0 Å². The van der Waals surface area contributed by atoms with Gasteiger partial charge in [0.2, 0.25) is 0 Å². The highest BCUT2D eigenvalue weighted by molar-refractivity contribution is 4.52. The monoisotopic (exact) mass is 201 g/mol. The first-order valence-electron chi connectivity index (χ1n) is 5.97. The Morgan fingerprint density at radius 3 is 1.71 bits per heavy atom. The second-order valence-corrected chi connectivity index (χ2v) is 3.66. The maximum Gasteiger partial charge on any atom is -0.00368 e. The van der Waals surface area contributed by atoms with Gasteiger partial charge in [0.25, 0.3) is 0 Å². The summed E-state index contributed by atoms with van der Waals surface area (Å²) in [4.78, 5) is 0. The minimum Gasteiger partial charge on any atom is -0.320 e. The highest BCUT2D eigenvalue weighted by Crippen LogP contribution is 1.82. The molecule has 0 radical (unpaired) electrons. The largest absolute Gasteiger partial charge is 0.320 e. The fraction of sp³-hybridized carbons (Fsp3) is 1.00. The minimum absolute atomic E-state index is 1.11. The van der Waals surface area contributed by atoms with Gasteiger partial charge in [-0.25, -0.2) is 0 Å². The predicted molar refractivity (Wildman–Crippen MR) is 63.8 cm³/mol. The fourth-order valence-electron chi connectivity index (χ4n) is 1.28. The summed E-state index contributed by atoms with van der Waals surface area (Å²) in [6.07, 6.45) is 5.05. The summed E-state index contributed by atoms with van der Waals surface area (Å²) in [5.41, 5.74) is 0. The second kappa shape index (κ2) is 12.9. The van der Waals surface area contributed by atoms with Crippen molar-refractivity contribution < 1.29 is 0 Å². The zero-order valence-electron chi connectivity index (χ0n) is 9.86. The molecule has 3 heteroatoms. The van der Waals surface area contributed by atoms with Crippen molar-refractivity contribution in [3.05, 3.63) is 0 Å². The van der Waals surface area contributed by atoms with E-state index < -0.39 is 0 Å². The van der Waals surface area contributed by atoms with Crippen LogP contribution in [0.5, 0.6) is 0 Å². The summed E-state index contributed by atoms with van der Waals surface area (Å²) in [5.74, 6) is 0. The van der Waals surface area contributed by atoms with E-state index in [2.05, 4.69) is 22.9 Å². The average Bonchev–Trinajstić information content (AvgIpc) is 2.21. The lowest BCUT2D eigenvalue weighted by atomic mass is 10.3. The van der Waals surface area contributed by atoms with Crippen molar-refractivity contribution in [1.82, 2.24) is 16.0 Å². The summed E-state index contributed by atoms with van der Waals surface area (Å²) >= 11 is 0. The van der Waals surface area contributed by atoms with E-state index in [9.17, 15) is 0 Å². The summed E-state index contributed by atoms with van der Waals surface area (Å²) < 4.78 is 0. The first-order chi connectivity index (χ1) is 6.91. The molecule has 0 aliphatic carbocycles. The molecule has 0 aromatic heterocycles. The van der Waals surface area contributed by atoms with Crippen molar-refractivity contribution in [1.29, 1.82) is 0 Å². The number of hydrogen-bond acceptors (Lipinski definition) is 3. The Morgan fingerprint density at radius 2 is 1.21 bits per heavy atom. The molecule has 0 saturated heterocycles. The maximum absolute atomic E-state index is 3.44. The number of hydrogen-bond donors (Lipinski definition) is 3. The van der Waals surface area contributed by atoms with Crippen LogP contribution in [0.25, 0.3) is 0 Å². The van der Waals surface area contributed by atoms with Crippen LogP contribution in [-0.2, 0) is 0 Å². The molecule has 0 spiro atoms. The van der Waals surface area contributed by atoms with E-state index in [0.29, 0.717) is 0 Å². The zero-order valence-corrected chi connectivity index (χ0v) is 9.86. The molecule has 0 saturated carbocycles. The Labute approximate surface area is 89.0 Å². The van der Waals surface area contributed by atoms with Gasteiger partial charge in [-0.05, 0) is 59.0 Å². The third-order valence-electron chi connectivity index (χ3n) is 2.19. The molecule has 3 nitrogen and oxygen atoms in total. The SMILES string of the molecule is CCCCNCCCNCCCNC. The average molecular weight is 201 g/mol. The van der Waals surface area contributed by atoms with Crippen LogP contribution in [0.2, 0.25) is 0 Å². The van der Waals surface area contributed by atoms with Crippen LogP contribution < -0.4 is 16.0 Å². The maximum atomic E-state index is 3.44. The Morgan fingerprint density at radius 1 is 0.714 bits per heavy atom. The van der Waals surface area contributed by atoms with Gasteiger partial charge in [-0.15, -0.1) is 0 Å². The van der Waals surface area contributed by atoms with E-state index in [1.54, 1.807) is 0 Å². The Bertz CT molecular complexity index is 84.5.